The number of aromatic nitrogens is 4. The molecule has 8 heteroatoms. The molecule has 0 saturated heterocycles. The largest absolute Gasteiger partial charge is 0.406 e. The van der Waals surface area contributed by atoms with Gasteiger partial charge in [0.15, 0.2) is 0 Å². The molecule has 0 amide bonds. The highest BCUT2D eigenvalue weighted by Gasteiger charge is 2.16. The second kappa shape index (κ2) is 7.43. The van der Waals surface area contributed by atoms with E-state index < -0.39 is 0 Å². The summed E-state index contributed by atoms with van der Waals surface area (Å²) in [4.78, 5) is 12.9. The molecular formula is C20H20N6O2. The van der Waals surface area contributed by atoms with E-state index in [4.69, 9.17) is 4.42 Å². The summed E-state index contributed by atoms with van der Waals surface area (Å²) in [6.07, 6.45) is 0. The van der Waals surface area contributed by atoms with Gasteiger partial charge in [0.05, 0.1) is 17.9 Å². The van der Waals surface area contributed by atoms with E-state index in [9.17, 15) is 4.79 Å². The molecule has 0 aliphatic heterocycles. The molecule has 0 unspecified atom stereocenters. The molecule has 0 atom stereocenters. The van der Waals surface area contributed by atoms with E-state index >= 15 is 0 Å². The first-order valence-corrected chi connectivity index (χ1v) is 8.86. The molecule has 0 aliphatic carbocycles. The highest BCUT2D eigenvalue weighted by atomic mass is 16.4. The van der Waals surface area contributed by atoms with E-state index in [0.29, 0.717) is 17.6 Å². The molecule has 2 aromatic heterocycles. The predicted octanol–water partition coefficient (Wildman–Crippen LogP) is 3.22. The Morgan fingerprint density at radius 3 is 2.39 bits per heavy atom. The first-order chi connectivity index (χ1) is 13.6. The fourth-order valence-corrected chi connectivity index (χ4v) is 2.96. The molecule has 28 heavy (non-hydrogen) atoms. The van der Waals surface area contributed by atoms with Crippen LogP contribution in [0.2, 0.25) is 0 Å². The minimum Gasteiger partial charge on any atom is -0.406 e. The molecule has 2 N–H and O–H groups in total. The number of benzene rings is 2. The van der Waals surface area contributed by atoms with Gasteiger partial charge in [0.25, 0.3) is 5.56 Å². The number of nitrogens with zero attached hydrogens (tertiary/aromatic N) is 4. The van der Waals surface area contributed by atoms with E-state index in [1.54, 1.807) is 4.68 Å². The quantitative estimate of drug-likeness (QED) is 0.537. The summed E-state index contributed by atoms with van der Waals surface area (Å²) < 4.78 is 9.03. The van der Waals surface area contributed by atoms with Crippen LogP contribution in [0.3, 0.4) is 0 Å². The van der Waals surface area contributed by atoms with Crippen LogP contribution in [-0.4, -0.2) is 19.6 Å². The number of rotatable bonds is 6. The van der Waals surface area contributed by atoms with Crippen LogP contribution < -0.4 is 16.2 Å². The average Bonchev–Trinajstić information content (AvgIpc) is 3.24. The summed E-state index contributed by atoms with van der Waals surface area (Å²) in [6, 6.07) is 19.4. The van der Waals surface area contributed by atoms with Gasteiger partial charge in [-0.1, -0.05) is 41.5 Å². The molecule has 0 aliphatic rings. The van der Waals surface area contributed by atoms with Gasteiger partial charge in [0, 0.05) is 12.7 Å². The average molecular weight is 376 g/mol. The maximum absolute atomic E-state index is 12.9. The van der Waals surface area contributed by atoms with Gasteiger partial charge < -0.3 is 15.1 Å². The topological polar surface area (TPSA) is 89.9 Å². The van der Waals surface area contributed by atoms with Gasteiger partial charge in [0.1, 0.15) is 5.69 Å². The molecule has 2 heterocycles. The van der Waals surface area contributed by atoms with Crippen LogP contribution in [0.15, 0.2) is 69.9 Å². The Morgan fingerprint density at radius 1 is 1.00 bits per heavy atom. The van der Waals surface area contributed by atoms with Crippen molar-refractivity contribution in [2.75, 3.05) is 10.6 Å². The van der Waals surface area contributed by atoms with Crippen molar-refractivity contribution in [2.24, 2.45) is 7.05 Å². The minimum atomic E-state index is -0.131. The van der Waals surface area contributed by atoms with Crippen molar-refractivity contribution in [2.45, 2.75) is 13.5 Å². The Bertz CT molecular complexity index is 1130. The van der Waals surface area contributed by atoms with Crippen LogP contribution in [0.4, 0.5) is 17.4 Å². The standard InChI is InChI=1S/C20H20N6O2/c1-14-18(19(27)26(25(14)2)16-11-7-4-8-12-16)21-13-17-23-24-20(28-17)22-15-9-5-3-6-10-15/h3-12,21H,13H2,1-2H3,(H,22,24). The number of hydrogen-bond acceptors (Lipinski definition) is 6. The normalized spacial score (nSPS) is 10.8. The van der Waals surface area contributed by atoms with Crippen LogP contribution in [0.25, 0.3) is 5.69 Å². The number of hydrogen-bond donors (Lipinski definition) is 2. The van der Waals surface area contributed by atoms with E-state index in [2.05, 4.69) is 20.8 Å². The lowest BCUT2D eigenvalue weighted by Gasteiger charge is -2.07. The zero-order valence-corrected chi connectivity index (χ0v) is 15.6. The third kappa shape index (κ3) is 3.39. The number of nitrogens with one attached hydrogen (secondary N) is 2. The van der Waals surface area contributed by atoms with E-state index in [1.807, 2.05) is 79.3 Å². The van der Waals surface area contributed by atoms with Crippen molar-refractivity contribution >= 4 is 17.4 Å². The van der Waals surface area contributed by atoms with Gasteiger partial charge in [-0.25, -0.2) is 4.68 Å². The molecule has 4 aromatic rings. The second-order valence-corrected chi connectivity index (χ2v) is 6.28. The summed E-state index contributed by atoms with van der Waals surface area (Å²) in [5, 5.41) is 14.2. The molecule has 2 aromatic carbocycles. The second-order valence-electron chi connectivity index (χ2n) is 6.28. The van der Waals surface area contributed by atoms with Crippen LogP contribution in [0, 0.1) is 6.92 Å². The highest BCUT2D eigenvalue weighted by molar-refractivity contribution is 5.51. The van der Waals surface area contributed by atoms with Crippen molar-refractivity contribution in [3.63, 3.8) is 0 Å². The maximum atomic E-state index is 12.9. The first-order valence-electron chi connectivity index (χ1n) is 8.86. The molecule has 0 spiro atoms. The lowest BCUT2D eigenvalue weighted by molar-refractivity contribution is 0.517. The first kappa shape index (κ1) is 17.6. The maximum Gasteiger partial charge on any atom is 0.320 e. The summed E-state index contributed by atoms with van der Waals surface area (Å²) in [6.45, 7) is 2.14. The van der Waals surface area contributed by atoms with Gasteiger partial charge in [-0.3, -0.25) is 9.48 Å². The van der Waals surface area contributed by atoms with Gasteiger partial charge >= 0.3 is 6.01 Å². The Labute approximate surface area is 161 Å². The Hall–Kier alpha value is -3.81. The molecule has 142 valence electrons. The molecular weight excluding hydrogens is 356 g/mol. The van der Waals surface area contributed by atoms with Crippen molar-refractivity contribution in [1.29, 1.82) is 0 Å². The third-order valence-electron chi connectivity index (χ3n) is 4.46. The van der Waals surface area contributed by atoms with Gasteiger partial charge in [-0.05, 0) is 31.2 Å². The molecule has 0 bridgehead atoms. The predicted molar refractivity (Wildman–Crippen MR) is 107 cm³/mol. The van der Waals surface area contributed by atoms with Crippen LogP contribution in [0.1, 0.15) is 11.6 Å². The lowest BCUT2D eigenvalue weighted by atomic mass is 10.3. The molecule has 0 saturated carbocycles. The number of para-hydroxylation sites is 2. The van der Waals surface area contributed by atoms with E-state index in [0.717, 1.165) is 17.1 Å². The molecule has 0 fully saturated rings. The minimum absolute atomic E-state index is 0.131. The highest BCUT2D eigenvalue weighted by Crippen LogP contribution is 2.17. The third-order valence-corrected chi connectivity index (χ3v) is 4.46. The summed E-state index contributed by atoms with van der Waals surface area (Å²) in [5.41, 5.74) is 2.85. The monoisotopic (exact) mass is 376 g/mol. The molecule has 0 radical (unpaired) electrons. The van der Waals surface area contributed by atoms with Gasteiger partial charge in [0.2, 0.25) is 5.89 Å². The Kier molecular flexibility index (Phi) is 4.67. The Balaban J connectivity index is 1.51. The summed E-state index contributed by atoms with van der Waals surface area (Å²) >= 11 is 0. The van der Waals surface area contributed by atoms with Crippen molar-refractivity contribution in [3.05, 3.63) is 82.6 Å². The SMILES string of the molecule is Cc1c(NCc2nnc(Nc3ccccc3)o2)c(=O)n(-c2ccccc2)n1C. The smallest absolute Gasteiger partial charge is 0.320 e. The van der Waals surface area contributed by atoms with E-state index in [1.165, 1.54) is 0 Å². The van der Waals surface area contributed by atoms with Gasteiger partial charge in [-0.2, -0.15) is 0 Å². The van der Waals surface area contributed by atoms with Gasteiger partial charge in [-0.15, -0.1) is 5.10 Å². The molecule has 4 rings (SSSR count). The van der Waals surface area contributed by atoms with Crippen molar-refractivity contribution in [3.8, 4) is 5.69 Å². The summed E-state index contributed by atoms with van der Waals surface area (Å²) in [7, 11) is 1.85. The summed E-state index contributed by atoms with van der Waals surface area (Å²) in [5.74, 6) is 0.382. The van der Waals surface area contributed by atoms with Crippen LogP contribution in [0.5, 0.6) is 0 Å². The van der Waals surface area contributed by atoms with E-state index in [-0.39, 0.29) is 12.1 Å². The van der Waals surface area contributed by atoms with Crippen LogP contribution in [-0.2, 0) is 13.6 Å². The lowest BCUT2D eigenvalue weighted by Crippen LogP contribution is -2.21. The Morgan fingerprint density at radius 2 is 1.68 bits per heavy atom. The van der Waals surface area contributed by atoms with Crippen molar-refractivity contribution in [1.82, 2.24) is 19.6 Å². The fourth-order valence-electron chi connectivity index (χ4n) is 2.96. The molecule has 8 nitrogen and oxygen atoms in total. The zero-order chi connectivity index (χ0) is 19.5. The fraction of sp³-hybridized carbons (Fsp3) is 0.150. The van der Waals surface area contributed by atoms with Crippen LogP contribution >= 0.6 is 0 Å². The van der Waals surface area contributed by atoms with Crippen molar-refractivity contribution < 1.29 is 4.42 Å². The zero-order valence-electron chi connectivity index (χ0n) is 15.6. The number of anilines is 3.